The Labute approximate surface area is 76.6 Å². The molecule has 0 bridgehead atoms. The minimum absolute atomic E-state index is 0.479. The van der Waals surface area contributed by atoms with Crippen LogP contribution in [0.4, 0.5) is 0 Å². The van der Waals surface area contributed by atoms with Crippen LogP contribution >= 0.6 is 0 Å². The third-order valence-electron chi connectivity index (χ3n) is 3.10. The normalized spacial score (nSPS) is 47.4. The Kier molecular flexibility index (Phi) is 2.51. The second kappa shape index (κ2) is 3.46. The largest absolute Gasteiger partial charge is 0.309 e. The number of rotatable bonds is 1. The molecule has 12 heavy (non-hydrogen) atoms. The summed E-state index contributed by atoms with van der Waals surface area (Å²) < 4.78 is 11.7. The Balaban J connectivity index is 2.05. The second-order valence-electron chi connectivity index (χ2n) is 3.90. The van der Waals surface area contributed by atoms with Crippen molar-refractivity contribution in [3.8, 4) is 0 Å². The van der Waals surface area contributed by atoms with Gasteiger partial charge in [0.15, 0.2) is 0 Å². The quantitative estimate of drug-likeness (QED) is 0.664. The Morgan fingerprint density at radius 2 is 2.33 bits per heavy atom. The Bertz CT molecular complexity index is 195. The van der Waals surface area contributed by atoms with Gasteiger partial charge in [0.1, 0.15) is 0 Å². The van der Waals surface area contributed by atoms with Gasteiger partial charge < -0.3 is 5.32 Å². The van der Waals surface area contributed by atoms with Crippen LogP contribution in [-0.2, 0) is 10.8 Å². The lowest BCUT2D eigenvalue weighted by atomic mass is 10.2. The summed E-state index contributed by atoms with van der Waals surface area (Å²) in [6.45, 7) is 2.17. The molecule has 2 rings (SSSR count). The zero-order chi connectivity index (χ0) is 8.55. The lowest BCUT2D eigenvalue weighted by Gasteiger charge is -2.32. The molecule has 4 unspecified atom stereocenters. The van der Waals surface area contributed by atoms with E-state index in [4.69, 9.17) is 0 Å². The van der Waals surface area contributed by atoms with Gasteiger partial charge in [-0.3, -0.25) is 4.21 Å². The zero-order valence-corrected chi connectivity index (χ0v) is 8.40. The van der Waals surface area contributed by atoms with Crippen LogP contribution in [0.25, 0.3) is 0 Å². The fourth-order valence-corrected chi connectivity index (χ4v) is 4.33. The van der Waals surface area contributed by atoms with Gasteiger partial charge in [0, 0.05) is 28.6 Å². The van der Waals surface area contributed by atoms with Gasteiger partial charge in [-0.1, -0.05) is 13.3 Å². The van der Waals surface area contributed by atoms with Crippen LogP contribution in [0, 0.1) is 0 Å². The van der Waals surface area contributed by atoms with Gasteiger partial charge in [-0.2, -0.15) is 0 Å². The summed E-state index contributed by atoms with van der Waals surface area (Å²) in [4.78, 5) is 0. The first kappa shape index (κ1) is 8.70. The SMILES string of the molecule is CCC1CS(=O)C2CCCC2N1. The molecule has 0 aromatic heterocycles. The number of nitrogens with one attached hydrogen (secondary N) is 1. The van der Waals surface area contributed by atoms with Crippen LogP contribution in [0.5, 0.6) is 0 Å². The van der Waals surface area contributed by atoms with E-state index in [-0.39, 0.29) is 0 Å². The van der Waals surface area contributed by atoms with E-state index in [0.29, 0.717) is 17.3 Å². The van der Waals surface area contributed by atoms with Crippen LogP contribution in [0.1, 0.15) is 32.6 Å². The van der Waals surface area contributed by atoms with E-state index in [1.807, 2.05) is 0 Å². The van der Waals surface area contributed by atoms with E-state index >= 15 is 0 Å². The molecule has 0 radical (unpaired) electrons. The fraction of sp³-hybridized carbons (Fsp3) is 1.00. The minimum atomic E-state index is -0.538. The molecular formula is C9H17NOS. The zero-order valence-electron chi connectivity index (χ0n) is 7.58. The average Bonchev–Trinajstić information content (AvgIpc) is 2.52. The van der Waals surface area contributed by atoms with E-state index in [9.17, 15) is 4.21 Å². The van der Waals surface area contributed by atoms with Crippen molar-refractivity contribution in [2.45, 2.75) is 49.9 Å². The minimum Gasteiger partial charge on any atom is -0.309 e. The number of hydrogen-bond donors (Lipinski definition) is 1. The van der Waals surface area contributed by atoms with E-state index in [0.717, 1.165) is 12.2 Å². The maximum atomic E-state index is 11.7. The highest BCUT2D eigenvalue weighted by Crippen LogP contribution is 2.28. The fourth-order valence-electron chi connectivity index (χ4n) is 2.34. The van der Waals surface area contributed by atoms with Crippen molar-refractivity contribution >= 4 is 10.8 Å². The topological polar surface area (TPSA) is 29.1 Å². The second-order valence-corrected chi connectivity index (χ2v) is 5.60. The first-order valence-electron chi connectivity index (χ1n) is 4.94. The smallest absolute Gasteiger partial charge is 0.0501 e. The lowest BCUT2D eigenvalue weighted by molar-refractivity contribution is 0.427. The lowest BCUT2D eigenvalue weighted by Crippen LogP contribution is -2.52. The molecule has 0 aromatic rings. The molecule has 70 valence electrons. The van der Waals surface area contributed by atoms with E-state index in [2.05, 4.69) is 12.2 Å². The highest BCUT2D eigenvalue weighted by molar-refractivity contribution is 7.85. The van der Waals surface area contributed by atoms with Gasteiger partial charge in [0.05, 0.1) is 5.25 Å². The average molecular weight is 187 g/mol. The third-order valence-corrected chi connectivity index (χ3v) is 5.07. The van der Waals surface area contributed by atoms with E-state index in [1.165, 1.54) is 19.3 Å². The summed E-state index contributed by atoms with van der Waals surface area (Å²) >= 11 is 0. The maximum Gasteiger partial charge on any atom is 0.0501 e. The van der Waals surface area contributed by atoms with E-state index in [1.54, 1.807) is 0 Å². The Morgan fingerprint density at radius 1 is 1.50 bits per heavy atom. The number of hydrogen-bond acceptors (Lipinski definition) is 2. The summed E-state index contributed by atoms with van der Waals surface area (Å²) in [6, 6.07) is 1.09. The predicted octanol–water partition coefficient (Wildman–Crippen LogP) is 1.04. The molecule has 1 saturated heterocycles. The molecule has 2 aliphatic rings. The molecule has 1 heterocycles. The van der Waals surface area contributed by atoms with Crippen LogP contribution in [0.15, 0.2) is 0 Å². The van der Waals surface area contributed by atoms with Crippen molar-refractivity contribution in [3.05, 3.63) is 0 Å². The molecule has 0 spiro atoms. The molecule has 1 aliphatic carbocycles. The van der Waals surface area contributed by atoms with Gasteiger partial charge in [-0.05, 0) is 19.3 Å². The van der Waals surface area contributed by atoms with Gasteiger partial charge in [0.25, 0.3) is 0 Å². The first-order valence-corrected chi connectivity index (χ1v) is 6.32. The van der Waals surface area contributed by atoms with Crippen LogP contribution in [-0.4, -0.2) is 27.3 Å². The summed E-state index contributed by atoms with van der Waals surface area (Å²) in [7, 11) is -0.538. The van der Waals surface area contributed by atoms with Crippen molar-refractivity contribution in [1.29, 1.82) is 0 Å². The highest BCUT2D eigenvalue weighted by atomic mass is 32.2. The highest BCUT2D eigenvalue weighted by Gasteiger charge is 2.37. The molecular weight excluding hydrogens is 170 g/mol. The van der Waals surface area contributed by atoms with Crippen LogP contribution < -0.4 is 5.32 Å². The summed E-state index contributed by atoms with van der Waals surface area (Å²) in [5, 5.41) is 4.08. The van der Waals surface area contributed by atoms with Crippen molar-refractivity contribution in [3.63, 3.8) is 0 Å². The molecule has 1 saturated carbocycles. The van der Waals surface area contributed by atoms with Crippen molar-refractivity contribution < 1.29 is 4.21 Å². The molecule has 1 aliphatic heterocycles. The van der Waals surface area contributed by atoms with Gasteiger partial charge in [-0.25, -0.2) is 0 Å². The monoisotopic (exact) mass is 187 g/mol. The van der Waals surface area contributed by atoms with Crippen LogP contribution in [0.3, 0.4) is 0 Å². The molecule has 3 heteroatoms. The van der Waals surface area contributed by atoms with Crippen molar-refractivity contribution in [2.75, 3.05) is 5.75 Å². The van der Waals surface area contributed by atoms with E-state index < -0.39 is 10.8 Å². The van der Waals surface area contributed by atoms with Gasteiger partial charge >= 0.3 is 0 Å². The molecule has 4 atom stereocenters. The first-order chi connectivity index (χ1) is 5.81. The molecule has 1 N–H and O–H groups in total. The predicted molar refractivity (Wildman–Crippen MR) is 51.7 cm³/mol. The van der Waals surface area contributed by atoms with Crippen LogP contribution in [0.2, 0.25) is 0 Å². The van der Waals surface area contributed by atoms with Crippen molar-refractivity contribution in [1.82, 2.24) is 5.32 Å². The summed E-state index contributed by atoms with van der Waals surface area (Å²) in [6.07, 6.45) is 4.81. The molecule has 2 fully saturated rings. The summed E-state index contributed by atoms with van der Waals surface area (Å²) in [5.41, 5.74) is 0. The van der Waals surface area contributed by atoms with Gasteiger partial charge in [0.2, 0.25) is 0 Å². The number of fused-ring (bicyclic) bond motifs is 1. The Morgan fingerprint density at radius 3 is 3.08 bits per heavy atom. The van der Waals surface area contributed by atoms with Crippen molar-refractivity contribution in [2.24, 2.45) is 0 Å². The van der Waals surface area contributed by atoms with Gasteiger partial charge in [-0.15, -0.1) is 0 Å². The molecule has 0 amide bonds. The third kappa shape index (κ3) is 1.44. The standard InChI is InChI=1S/C9H17NOS/c1-2-7-6-12(11)9-5-3-4-8(9)10-7/h7-10H,2-6H2,1H3. The molecule has 0 aromatic carbocycles. The maximum absolute atomic E-state index is 11.7. The molecule has 2 nitrogen and oxygen atoms in total. The Hall–Kier alpha value is 0.110. The summed E-state index contributed by atoms with van der Waals surface area (Å²) in [5.74, 6) is 0.887.